The number of fused-ring (bicyclic) bond motifs is 2. The molecule has 0 amide bonds. The minimum Gasteiger partial charge on any atom is -0.269 e. The Morgan fingerprint density at radius 3 is 2.66 bits per heavy atom. The van der Waals surface area contributed by atoms with Gasteiger partial charge in [-0.05, 0) is 55.3 Å². The van der Waals surface area contributed by atoms with E-state index >= 15 is 0 Å². The molecule has 0 unspecified atom stereocenters. The van der Waals surface area contributed by atoms with E-state index in [-0.39, 0.29) is 11.1 Å². The quantitative estimate of drug-likeness (QED) is 0.312. The van der Waals surface area contributed by atoms with Crippen molar-refractivity contribution in [1.82, 2.24) is 23.9 Å². The maximum Gasteiger partial charge on any atom is 0.267 e. The number of benzene rings is 1. The normalized spacial score (nSPS) is 11.3. The van der Waals surface area contributed by atoms with Crippen LogP contribution in [0.3, 0.4) is 0 Å². The van der Waals surface area contributed by atoms with Crippen molar-refractivity contribution in [3.05, 3.63) is 105 Å². The maximum absolute atomic E-state index is 13.4. The topological polar surface area (TPSA) is 82.2 Å². The number of aromatic nitrogens is 5. The lowest BCUT2D eigenvalue weighted by molar-refractivity contribution is 0.789. The zero-order chi connectivity index (χ0) is 22.2. The highest BCUT2D eigenvalue weighted by atomic mass is 32.2. The van der Waals surface area contributed by atoms with Crippen molar-refractivity contribution in [1.29, 1.82) is 0 Å². The second kappa shape index (κ2) is 8.05. The molecule has 5 aromatic rings. The molecule has 8 heteroatoms. The molecule has 0 N–H and O–H groups in total. The third-order valence-electron chi connectivity index (χ3n) is 5.16. The summed E-state index contributed by atoms with van der Waals surface area (Å²) in [6, 6.07) is 16.3. The summed E-state index contributed by atoms with van der Waals surface area (Å²) < 4.78 is 3.06. The highest BCUT2D eigenvalue weighted by Gasteiger charge is 2.16. The summed E-state index contributed by atoms with van der Waals surface area (Å²) in [6.07, 6.45) is 3.38. The van der Waals surface area contributed by atoms with Gasteiger partial charge in [0.25, 0.3) is 11.1 Å². The second-order valence-electron chi connectivity index (χ2n) is 7.50. The molecule has 0 saturated heterocycles. The van der Waals surface area contributed by atoms with Crippen LogP contribution < -0.4 is 11.1 Å². The third-order valence-corrected chi connectivity index (χ3v) is 6.14. The lowest BCUT2D eigenvalue weighted by Crippen LogP contribution is -2.23. The lowest BCUT2D eigenvalue weighted by atomic mass is 10.2. The zero-order valence-electron chi connectivity index (χ0n) is 17.5. The fraction of sp³-hybridized carbons (Fsp3) is 0.125. The Morgan fingerprint density at radius 2 is 1.81 bits per heavy atom. The van der Waals surface area contributed by atoms with E-state index in [0.29, 0.717) is 39.0 Å². The predicted molar refractivity (Wildman–Crippen MR) is 126 cm³/mol. The van der Waals surface area contributed by atoms with Crippen molar-refractivity contribution in [2.24, 2.45) is 0 Å². The first-order chi connectivity index (χ1) is 15.5. The minimum absolute atomic E-state index is 0.143. The van der Waals surface area contributed by atoms with Gasteiger partial charge in [-0.25, -0.2) is 19.5 Å². The number of pyridine rings is 2. The van der Waals surface area contributed by atoms with Crippen molar-refractivity contribution in [3.8, 4) is 5.82 Å². The fourth-order valence-corrected chi connectivity index (χ4v) is 4.46. The first kappa shape index (κ1) is 20.1. The zero-order valence-corrected chi connectivity index (χ0v) is 18.3. The van der Waals surface area contributed by atoms with E-state index in [1.165, 1.54) is 22.2 Å². The van der Waals surface area contributed by atoms with Gasteiger partial charge in [0.1, 0.15) is 11.5 Å². The van der Waals surface area contributed by atoms with Crippen molar-refractivity contribution in [2.75, 3.05) is 0 Å². The highest BCUT2D eigenvalue weighted by molar-refractivity contribution is 7.98. The van der Waals surface area contributed by atoms with Crippen molar-refractivity contribution < 1.29 is 0 Å². The average Bonchev–Trinajstić information content (AvgIpc) is 2.78. The Morgan fingerprint density at radius 1 is 0.969 bits per heavy atom. The molecule has 0 aliphatic rings. The number of para-hydroxylation sites is 1. The molecule has 32 heavy (non-hydrogen) atoms. The molecule has 0 fully saturated rings. The number of aryl methyl sites for hydroxylation is 2. The molecule has 0 spiro atoms. The van der Waals surface area contributed by atoms with Gasteiger partial charge >= 0.3 is 0 Å². The minimum atomic E-state index is -0.179. The van der Waals surface area contributed by atoms with Crippen LogP contribution >= 0.6 is 11.8 Å². The molecule has 0 bridgehead atoms. The Bertz CT molecular complexity index is 1610. The van der Waals surface area contributed by atoms with Gasteiger partial charge in [-0.3, -0.25) is 14.0 Å². The summed E-state index contributed by atoms with van der Waals surface area (Å²) in [5, 5.41) is 1.03. The molecular formula is C24H19N5O2S. The molecule has 4 heterocycles. The summed E-state index contributed by atoms with van der Waals surface area (Å²) in [5.74, 6) is 0.927. The molecule has 158 valence electrons. The van der Waals surface area contributed by atoms with Crippen LogP contribution in [-0.2, 0) is 5.75 Å². The van der Waals surface area contributed by atoms with E-state index in [4.69, 9.17) is 4.98 Å². The first-order valence-electron chi connectivity index (χ1n) is 10.1. The van der Waals surface area contributed by atoms with Crippen LogP contribution in [0, 0.1) is 13.8 Å². The fourth-order valence-electron chi connectivity index (χ4n) is 3.57. The number of thioether (sulfide) groups is 1. The predicted octanol–water partition coefficient (Wildman–Crippen LogP) is 3.70. The standard InChI is InChI=1S/C24H19N5O2S/c1-15-9-11-28-20(12-15)26-17(13-21(28)30)14-32-24-27-19-8-4-3-7-18(19)23(31)29(24)22-16(2)6-5-10-25-22/h3-13H,14H2,1-2H3. The van der Waals surface area contributed by atoms with Crippen LogP contribution in [0.4, 0.5) is 0 Å². The van der Waals surface area contributed by atoms with Gasteiger partial charge < -0.3 is 0 Å². The monoisotopic (exact) mass is 441 g/mol. The first-order valence-corrected chi connectivity index (χ1v) is 11.1. The third kappa shape index (κ3) is 3.58. The van der Waals surface area contributed by atoms with Gasteiger partial charge in [0.15, 0.2) is 5.16 Å². The summed E-state index contributed by atoms with van der Waals surface area (Å²) in [6.45, 7) is 3.87. The Balaban J connectivity index is 1.62. The van der Waals surface area contributed by atoms with Crippen LogP contribution in [0.1, 0.15) is 16.8 Å². The molecular weight excluding hydrogens is 422 g/mol. The number of hydrogen-bond donors (Lipinski definition) is 0. The van der Waals surface area contributed by atoms with Crippen LogP contribution in [0.25, 0.3) is 22.4 Å². The highest BCUT2D eigenvalue weighted by Crippen LogP contribution is 2.24. The average molecular weight is 442 g/mol. The number of nitrogens with zero attached hydrogens (tertiary/aromatic N) is 5. The molecule has 5 rings (SSSR count). The van der Waals surface area contributed by atoms with Crippen LogP contribution in [-0.4, -0.2) is 23.9 Å². The van der Waals surface area contributed by atoms with Crippen molar-refractivity contribution >= 4 is 28.3 Å². The van der Waals surface area contributed by atoms with Crippen LogP contribution in [0.15, 0.2) is 81.7 Å². The molecule has 0 aliphatic carbocycles. The number of rotatable bonds is 4. The SMILES string of the molecule is Cc1ccn2c(=O)cc(CSc3nc4ccccc4c(=O)n3-c3ncccc3C)nc2c1. The van der Waals surface area contributed by atoms with E-state index < -0.39 is 0 Å². The molecule has 0 radical (unpaired) electrons. The van der Waals surface area contributed by atoms with Gasteiger partial charge in [-0.1, -0.05) is 30.0 Å². The molecule has 4 aromatic heterocycles. The van der Waals surface area contributed by atoms with Gasteiger partial charge in [0, 0.05) is 24.2 Å². The summed E-state index contributed by atoms with van der Waals surface area (Å²) in [4.78, 5) is 39.7. The summed E-state index contributed by atoms with van der Waals surface area (Å²) in [7, 11) is 0. The second-order valence-corrected chi connectivity index (χ2v) is 8.45. The maximum atomic E-state index is 13.4. The van der Waals surface area contributed by atoms with Gasteiger partial charge in [0.05, 0.1) is 16.6 Å². The van der Waals surface area contributed by atoms with E-state index in [2.05, 4.69) is 9.97 Å². The number of hydrogen-bond acceptors (Lipinski definition) is 6. The molecule has 0 aliphatic heterocycles. The van der Waals surface area contributed by atoms with Crippen LogP contribution in [0.5, 0.6) is 0 Å². The summed E-state index contributed by atoms with van der Waals surface area (Å²) in [5.41, 5.74) is 3.40. The molecule has 0 atom stereocenters. The van der Waals surface area contributed by atoms with E-state index in [0.717, 1.165) is 11.1 Å². The van der Waals surface area contributed by atoms with E-state index in [1.54, 1.807) is 23.0 Å². The van der Waals surface area contributed by atoms with Crippen molar-refractivity contribution in [2.45, 2.75) is 24.8 Å². The van der Waals surface area contributed by atoms with Gasteiger partial charge in [0.2, 0.25) is 0 Å². The Hall–Kier alpha value is -3.78. The van der Waals surface area contributed by atoms with Gasteiger partial charge in [-0.15, -0.1) is 0 Å². The van der Waals surface area contributed by atoms with Gasteiger partial charge in [-0.2, -0.15) is 0 Å². The largest absolute Gasteiger partial charge is 0.269 e. The van der Waals surface area contributed by atoms with Crippen LogP contribution in [0.2, 0.25) is 0 Å². The van der Waals surface area contributed by atoms with E-state index in [9.17, 15) is 9.59 Å². The Labute approximate surface area is 187 Å². The smallest absolute Gasteiger partial charge is 0.267 e. The van der Waals surface area contributed by atoms with E-state index in [1.807, 2.05) is 56.3 Å². The molecule has 7 nitrogen and oxygen atoms in total. The molecule has 0 saturated carbocycles. The summed E-state index contributed by atoms with van der Waals surface area (Å²) >= 11 is 1.36. The lowest BCUT2D eigenvalue weighted by Gasteiger charge is -2.14. The Kier molecular flexibility index (Phi) is 5.07. The molecule has 1 aromatic carbocycles. The van der Waals surface area contributed by atoms with Crippen molar-refractivity contribution in [3.63, 3.8) is 0 Å².